The molecule has 2 unspecified atom stereocenters. The summed E-state index contributed by atoms with van der Waals surface area (Å²) >= 11 is 0. The summed E-state index contributed by atoms with van der Waals surface area (Å²) in [6.07, 6.45) is 2.89. The molecule has 1 nitrogen and oxygen atoms in total. The van der Waals surface area contributed by atoms with Crippen molar-refractivity contribution in [1.29, 1.82) is 0 Å². The van der Waals surface area contributed by atoms with E-state index in [0.29, 0.717) is 11.8 Å². The van der Waals surface area contributed by atoms with Gasteiger partial charge >= 0.3 is 0 Å². The maximum absolute atomic E-state index is 10.0. The molecule has 1 aliphatic carbocycles. The van der Waals surface area contributed by atoms with Gasteiger partial charge in [-0.1, -0.05) is 39.0 Å². The molecule has 0 saturated carbocycles. The summed E-state index contributed by atoms with van der Waals surface area (Å²) in [6.45, 7) is 6.73. The third-order valence-electron chi connectivity index (χ3n) is 3.56. The van der Waals surface area contributed by atoms with E-state index in [-0.39, 0.29) is 6.10 Å². The van der Waals surface area contributed by atoms with Gasteiger partial charge in [-0.15, -0.1) is 0 Å². The maximum Gasteiger partial charge on any atom is 0.0793 e. The maximum atomic E-state index is 10.0. The Morgan fingerprint density at radius 2 is 2.00 bits per heavy atom. The van der Waals surface area contributed by atoms with Crippen molar-refractivity contribution in [3.8, 4) is 0 Å². The quantitative estimate of drug-likeness (QED) is 0.800. The zero-order valence-corrected chi connectivity index (χ0v) is 10.5. The second kappa shape index (κ2) is 4.58. The zero-order chi connectivity index (χ0) is 11.7. The van der Waals surface area contributed by atoms with Crippen LogP contribution in [0.15, 0.2) is 18.2 Å². The van der Waals surface area contributed by atoms with Crippen LogP contribution in [-0.2, 0) is 6.42 Å². The fourth-order valence-electron chi connectivity index (χ4n) is 2.68. The molecule has 1 heteroatoms. The topological polar surface area (TPSA) is 20.2 Å². The molecule has 0 radical (unpaired) electrons. The van der Waals surface area contributed by atoms with E-state index in [1.807, 2.05) is 0 Å². The number of benzene rings is 1. The standard InChI is InChI=1S/C15H22O/c1-10(2)8-12-5-6-13-11(3)4-7-15(16)14(13)9-12/h5-6,9-11,15-16H,4,7-8H2,1-3H3. The molecule has 0 aromatic heterocycles. The van der Waals surface area contributed by atoms with Gasteiger partial charge in [0.25, 0.3) is 0 Å². The van der Waals surface area contributed by atoms with Crippen molar-refractivity contribution in [1.82, 2.24) is 0 Å². The first-order valence-corrected chi connectivity index (χ1v) is 6.38. The molecule has 0 saturated heterocycles. The summed E-state index contributed by atoms with van der Waals surface area (Å²) in [5.74, 6) is 1.28. The van der Waals surface area contributed by atoms with Crippen molar-refractivity contribution in [2.24, 2.45) is 5.92 Å². The average molecular weight is 218 g/mol. The van der Waals surface area contributed by atoms with E-state index in [4.69, 9.17) is 0 Å². The Hall–Kier alpha value is -0.820. The van der Waals surface area contributed by atoms with Gasteiger partial charge in [-0.2, -0.15) is 0 Å². The van der Waals surface area contributed by atoms with Crippen molar-refractivity contribution < 1.29 is 5.11 Å². The van der Waals surface area contributed by atoms with Gasteiger partial charge in [-0.05, 0) is 47.8 Å². The molecule has 1 aromatic rings. The van der Waals surface area contributed by atoms with Gasteiger partial charge in [0.2, 0.25) is 0 Å². The van der Waals surface area contributed by atoms with E-state index in [1.54, 1.807) is 0 Å². The minimum Gasteiger partial charge on any atom is -0.388 e. The summed E-state index contributed by atoms with van der Waals surface area (Å²) in [5.41, 5.74) is 3.89. The molecule has 0 fully saturated rings. The van der Waals surface area contributed by atoms with Gasteiger partial charge in [0.15, 0.2) is 0 Å². The van der Waals surface area contributed by atoms with Crippen molar-refractivity contribution in [2.45, 2.75) is 52.1 Å². The van der Waals surface area contributed by atoms with Crippen LogP contribution in [0.3, 0.4) is 0 Å². The molecule has 88 valence electrons. The minimum absolute atomic E-state index is 0.238. The Morgan fingerprint density at radius 1 is 1.25 bits per heavy atom. The van der Waals surface area contributed by atoms with E-state index < -0.39 is 0 Å². The Bertz CT molecular complexity index is 368. The third kappa shape index (κ3) is 2.30. The lowest BCUT2D eigenvalue weighted by Crippen LogP contribution is -2.13. The van der Waals surface area contributed by atoms with Crippen LogP contribution in [0.2, 0.25) is 0 Å². The fraction of sp³-hybridized carbons (Fsp3) is 0.600. The molecular formula is C15H22O. The third-order valence-corrected chi connectivity index (χ3v) is 3.56. The van der Waals surface area contributed by atoms with Crippen LogP contribution in [0.5, 0.6) is 0 Å². The summed E-state index contributed by atoms with van der Waals surface area (Å²) in [7, 11) is 0. The largest absolute Gasteiger partial charge is 0.388 e. The van der Waals surface area contributed by atoms with E-state index in [1.165, 1.54) is 16.7 Å². The molecule has 0 amide bonds. The monoisotopic (exact) mass is 218 g/mol. The molecule has 0 aliphatic heterocycles. The number of aliphatic hydroxyl groups excluding tert-OH is 1. The Balaban J connectivity index is 2.32. The molecule has 2 rings (SSSR count). The van der Waals surface area contributed by atoms with E-state index >= 15 is 0 Å². The van der Waals surface area contributed by atoms with Crippen LogP contribution in [0.4, 0.5) is 0 Å². The lowest BCUT2D eigenvalue weighted by atomic mass is 9.81. The normalized spacial score (nSPS) is 24.6. The number of aliphatic hydroxyl groups is 1. The highest BCUT2D eigenvalue weighted by molar-refractivity contribution is 5.37. The van der Waals surface area contributed by atoms with Crippen molar-refractivity contribution >= 4 is 0 Å². The van der Waals surface area contributed by atoms with Gasteiger partial charge in [0.1, 0.15) is 0 Å². The Kier molecular flexibility index (Phi) is 3.34. The smallest absolute Gasteiger partial charge is 0.0793 e. The van der Waals surface area contributed by atoms with Gasteiger partial charge < -0.3 is 5.11 Å². The Morgan fingerprint density at radius 3 is 2.69 bits per heavy atom. The summed E-state index contributed by atoms with van der Waals surface area (Å²) in [5, 5.41) is 10.0. The molecule has 0 heterocycles. The molecule has 0 spiro atoms. The molecule has 1 aliphatic rings. The second-order valence-electron chi connectivity index (χ2n) is 5.56. The summed E-state index contributed by atoms with van der Waals surface area (Å²) in [4.78, 5) is 0. The van der Waals surface area contributed by atoms with Gasteiger partial charge in [-0.3, -0.25) is 0 Å². The molecule has 2 atom stereocenters. The van der Waals surface area contributed by atoms with E-state index in [0.717, 1.165) is 19.3 Å². The van der Waals surface area contributed by atoms with E-state index in [2.05, 4.69) is 39.0 Å². The molecular weight excluding hydrogens is 196 g/mol. The highest BCUT2D eigenvalue weighted by Gasteiger charge is 2.23. The van der Waals surface area contributed by atoms with Crippen molar-refractivity contribution in [3.63, 3.8) is 0 Å². The molecule has 0 bridgehead atoms. The SMILES string of the molecule is CC(C)Cc1ccc2c(c1)C(O)CCC2C. The van der Waals surface area contributed by atoms with Crippen molar-refractivity contribution in [3.05, 3.63) is 34.9 Å². The van der Waals surface area contributed by atoms with Gasteiger partial charge in [0.05, 0.1) is 6.10 Å². The van der Waals surface area contributed by atoms with Crippen molar-refractivity contribution in [2.75, 3.05) is 0 Å². The van der Waals surface area contributed by atoms with E-state index in [9.17, 15) is 5.11 Å². The number of hydrogen-bond donors (Lipinski definition) is 1. The highest BCUT2D eigenvalue weighted by Crippen LogP contribution is 2.37. The minimum atomic E-state index is -0.238. The van der Waals surface area contributed by atoms with Gasteiger partial charge in [-0.25, -0.2) is 0 Å². The summed E-state index contributed by atoms with van der Waals surface area (Å²) in [6, 6.07) is 6.67. The average Bonchev–Trinajstić information content (AvgIpc) is 2.23. The molecule has 1 N–H and O–H groups in total. The first-order chi connectivity index (χ1) is 7.58. The molecule has 1 aromatic carbocycles. The second-order valence-corrected chi connectivity index (χ2v) is 5.56. The lowest BCUT2D eigenvalue weighted by molar-refractivity contribution is 0.151. The number of fused-ring (bicyclic) bond motifs is 1. The summed E-state index contributed by atoms with van der Waals surface area (Å²) < 4.78 is 0. The zero-order valence-electron chi connectivity index (χ0n) is 10.5. The number of rotatable bonds is 2. The predicted molar refractivity (Wildman–Crippen MR) is 67.6 cm³/mol. The Labute approximate surface area is 98.5 Å². The first-order valence-electron chi connectivity index (χ1n) is 6.38. The fourth-order valence-corrected chi connectivity index (χ4v) is 2.68. The van der Waals surface area contributed by atoms with Crippen LogP contribution < -0.4 is 0 Å². The van der Waals surface area contributed by atoms with Crippen LogP contribution >= 0.6 is 0 Å². The van der Waals surface area contributed by atoms with Crippen LogP contribution in [-0.4, -0.2) is 5.11 Å². The first kappa shape index (κ1) is 11.7. The predicted octanol–water partition coefficient (Wildman–Crippen LogP) is 3.82. The van der Waals surface area contributed by atoms with Gasteiger partial charge in [0, 0.05) is 0 Å². The van der Waals surface area contributed by atoms with Crippen LogP contribution in [0.1, 0.15) is 62.3 Å². The lowest BCUT2D eigenvalue weighted by Gasteiger charge is -2.27. The highest BCUT2D eigenvalue weighted by atomic mass is 16.3. The number of hydrogen-bond acceptors (Lipinski definition) is 1. The van der Waals surface area contributed by atoms with Crippen LogP contribution in [0, 0.1) is 5.92 Å². The molecule has 16 heavy (non-hydrogen) atoms. The van der Waals surface area contributed by atoms with Crippen LogP contribution in [0.25, 0.3) is 0 Å².